The van der Waals surface area contributed by atoms with Crippen molar-refractivity contribution in [1.82, 2.24) is 10.3 Å². The minimum Gasteiger partial charge on any atom is -0.348 e. The van der Waals surface area contributed by atoms with E-state index >= 15 is 0 Å². The number of thiazole rings is 1. The molecule has 0 saturated heterocycles. The van der Waals surface area contributed by atoms with Gasteiger partial charge in [0.15, 0.2) is 5.13 Å². The quantitative estimate of drug-likeness (QED) is 0.783. The van der Waals surface area contributed by atoms with Gasteiger partial charge in [-0.1, -0.05) is 26.7 Å². The Morgan fingerprint density at radius 2 is 1.94 bits per heavy atom. The van der Waals surface area contributed by atoms with Crippen molar-refractivity contribution in [2.24, 2.45) is 5.92 Å². The van der Waals surface area contributed by atoms with Gasteiger partial charge in [-0.15, -0.1) is 11.3 Å². The number of hydrogen-bond acceptors (Lipinski definition) is 4. The molecule has 0 aliphatic heterocycles. The molecule has 0 unspecified atom stereocenters. The minimum absolute atomic E-state index is 0.780. The summed E-state index contributed by atoms with van der Waals surface area (Å²) in [4.78, 5) is 8.51. The maximum Gasteiger partial charge on any atom is 0.185 e. The Balaban J connectivity index is 2.78. The van der Waals surface area contributed by atoms with Crippen LogP contribution in [-0.2, 0) is 6.54 Å². The lowest BCUT2D eigenvalue weighted by atomic mass is 10.0. The summed E-state index contributed by atoms with van der Waals surface area (Å²) in [7, 11) is 1.99. The number of nitrogens with one attached hydrogen (secondary N) is 1. The molecule has 0 spiro atoms. The van der Waals surface area contributed by atoms with E-state index < -0.39 is 0 Å². The molecule has 18 heavy (non-hydrogen) atoms. The Morgan fingerprint density at radius 1 is 1.28 bits per heavy atom. The molecular weight excluding hydrogens is 242 g/mol. The van der Waals surface area contributed by atoms with E-state index in [2.05, 4.69) is 37.9 Å². The number of nitrogens with zero attached hydrogens (tertiary/aromatic N) is 2. The molecule has 0 bridgehead atoms. The summed E-state index contributed by atoms with van der Waals surface area (Å²) >= 11 is 1.83. The fourth-order valence-corrected chi connectivity index (χ4v) is 3.22. The monoisotopic (exact) mass is 269 g/mol. The molecule has 1 heterocycles. The zero-order valence-corrected chi connectivity index (χ0v) is 13.2. The summed E-state index contributed by atoms with van der Waals surface area (Å²) in [5.74, 6) is 0.780. The van der Waals surface area contributed by atoms with E-state index in [1.807, 2.05) is 18.4 Å². The zero-order chi connectivity index (χ0) is 13.5. The molecule has 0 atom stereocenters. The van der Waals surface area contributed by atoms with Crippen molar-refractivity contribution in [2.75, 3.05) is 25.0 Å². The van der Waals surface area contributed by atoms with E-state index in [1.165, 1.54) is 28.5 Å². The second-order valence-corrected chi connectivity index (χ2v) is 5.82. The first-order valence-corrected chi connectivity index (χ1v) is 7.83. The van der Waals surface area contributed by atoms with Crippen LogP contribution < -0.4 is 10.2 Å². The third-order valence-electron chi connectivity index (χ3n) is 3.50. The molecule has 0 aromatic carbocycles. The fourth-order valence-electron chi connectivity index (χ4n) is 2.07. The second-order valence-electron chi connectivity index (χ2n) is 4.76. The van der Waals surface area contributed by atoms with E-state index in [0.717, 1.165) is 25.6 Å². The molecule has 1 aromatic heterocycles. The Labute approximate surface area is 116 Å². The van der Waals surface area contributed by atoms with Crippen LogP contribution in [0.15, 0.2) is 0 Å². The van der Waals surface area contributed by atoms with Gasteiger partial charge < -0.3 is 10.2 Å². The Hall–Kier alpha value is -0.610. The maximum absolute atomic E-state index is 4.73. The van der Waals surface area contributed by atoms with Crippen molar-refractivity contribution < 1.29 is 0 Å². The van der Waals surface area contributed by atoms with Crippen LogP contribution in [0.3, 0.4) is 0 Å². The molecule has 104 valence electrons. The normalized spacial score (nSPS) is 11.2. The first-order valence-electron chi connectivity index (χ1n) is 7.01. The van der Waals surface area contributed by atoms with Gasteiger partial charge in [-0.05, 0) is 26.8 Å². The zero-order valence-electron chi connectivity index (χ0n) is 12.4. The van der Waals surface area contributed by atoms with Gasteiger partial charge in [0, 0.05) is 24.5 Å². The van der Waals surface area contributed by atoms with E-state index in [4.69, 9.17) is 4.98 Å². The van der Waals surface area contributed by atoms with Gasteiger partial charge in [0.25, 0.3) is 0 Å². The van der Waals surface area contributed by atoms with Crippen LogP contribution in [-0.4, -0.2) is 25.1 Å². The number of rotatable bonds is 8. The van der Waals surface area contributed by atoms with Crippen molar-refractivity contribution in [3.8, 4) is 0 Å². The fraction of sp³-hybridized carbons (Fsp3) is 0.786. The number of aromatic nitrogens is 1. The third-order valence-corrected chi connectivity index (χ3v) is 4.72. The van der Waals surface area contributed by atoms with Crippen LogP contribution in [0.25, 0.3) is 0 Å². The lowest BCUT2D eigenvalue weighted by Gasteiger charge is -2.24. The molecule has 0 amide bonds. The number of anilines is 1. The van der Waals surface area contributed by atoms with E-state index in [0.29, 0.717) is 0 Å². The van der Waals surface area contributed by atoms with Gasteiger partial charge in [0.05, 0.1) is 5.69 Å². The summed E-state index contributed by atoms with van der Waals surface area (Å²) in [5.41, 5.74) is 1.17. The van der Waals surface area contributed by atoms with Gasteiger partial charge in [0.1, 0.15) is 0 Å². The van der Waals surface area contributed by atoms with Crippen LogP contribution in [0.5, 0.6) is 0 Å². The lowest BCUT2D eigenvalue weighted by Crippen LogP contribution is -2.28. The van der Waals surface area contributed by atoms with Crippen LogP contribution >= 0.6 is 11.3 Å². The van der Waals surface area contributed by atoms with Crippen LogP contribution in [0.1, 0.15) is 44.2 Å². The highest BCUT2D eigenvalue weighted by atomic mass is 32.1. The molecule has 0 aliphatic carbocycles. The van der Waals surface area contributed by atoms with Crippen LogP contribution in [0.4, 0.5) is 5.13 Å². The summed E-state index contributed by atoms with van der Waals surface area (Å²) in [6, 6.07) is 0. The Morgan fingerprint density at radius 3 is 2.44 bits per heavy atom. The molecule has 0 fully saturated rings. The Kier molecular flexibility index (Phi) is 6.65. The van der Waals surface area contributed by atoms with Gasteiger partial charge in [0.2, 0.25) is 0 Å². The summed E-state index contributed by atoms with van der Waals surface area (Å²) in [5, 5.41) is 4.40. The third kappa shape index (κ3) is 3.95. The molecule has 3 nitrogen and oxygen atoms in total. The Bertz CT molecular complexity index is 345. The summed E-state index contributed by atoms with van der Waals surface area (Å²) < 4.78 is 0. The first kappa shape index (κ1) is 15.4. The van der Waals surface area contributed by atoms with E-state index in [1.54, 1.807) is 0 Å². The van der Waals surface area contributed by atoms with Gasteiger partial charge in [-0.3, -0.25) is 0 Å². The largest absolute Gasteiger partial charge is 0.348 e. The SMILES string of the molecule is CCC(CC)CN(CC)c1nc(C)c(CNC)s1. The molecule has 0 radical (unpaired) electrons. The van der Waals surface area contributed by atoms with E-state index in [-0.39, 0.29) is 0 Å². The van der Waals surface area contributed by atoms with Gasteiger partial charge in [-0.25, -0.2) is 4.98 Å². The smallest absolute Gasteiger partial charge is 0.185 e. The standard InChI is InChI=1S/C14H27N3S/c1-6-12(7-2)10-17(8-3)14-16-11(4)13(18-14)9-15-5/h12,15H,6-10H2,1-5H3. The van der Waals surface area contributed by atoms with Gasteiger partial charge >= 0.3 is 0 Å². The van der Waals surface area contributed by atoms with Crippen LogP contribution in [0.2, 0.25) is 0 Å². The number of aryl methyl sites for hydroxylation is 1. The average molecular weight is 269 g/mol. The molecular formula is C14H27N3S. The summed E-state index contributed by atoms with van der Waals surface area (Å²) in [6.45, 7) is 12.0. The van der Waals surface area contributed by atoms with Crippen molar-refractivity contribution in [3.63, 3.8) is 0 Å². The molecule has 4 heteroatoms. The highest BCUT2D eigenvalue weighted by molar-refractivity contribution is 7.15. The number of hydrogen-bond donors (Lipinski definition) is 1. The molecule has 0 saturated carbocycles. The highest BCUT2D eigenvalue weighted by Gasteiger charge is 2.15. The lowest BCUT2D eigenvalue weighted by molar-refractivity contribution is 0.486. The van der Waals surface area contributed by atoms with Gasteiger partial charge in [-0.2, -0.15) is 0 Å². The molecule has 1 N–H and O–H groups in total. The molecule has 1 aromatic rings. The van der Waals surface area contributed by atoms with E-state index in [9.17, 15) is 0 Å². The van der Waals surface area contributed by atoms with Crippen molar-refractivity contribution in [3.05, 3.63) is 10.6 Å². The predicted molar refractivity (Wildman–Crippen MR) is 81.6 cm³/mol. The predicted octanol–water partition coefficient (Wildman–Crippen LogP) is 3.43. The summed E-state index contributed by atoms with van der Waals surface area (Å²) in [6.07, 6.45) is 2.50. The van der Waals surface area contributed by atoms with Crippen molar-refractivity contribution >= 4 is 16.5 Å². The maximum atomic E-state index is 4.73. The highest BCUT2D eigenvalue weighted by Crippen LogP contribution is 2.27. The average Bonchev–Trinajstić information content (AvgIpc) is 2.73. The first-order chi connectivity index (χ1) is 8.65. The second kappa shape index (κ2) is 7.74. The minimum atomic E-state index is 0.780. The van der Waals surface area contributed by atoms with Crippen molar-refractivity contribution in [2.45, 2.75) is 47.1 Å². The van der Waals surface area contributed by atoms with Crippen LogP contribution in [0, 0.1) is 12.8 Å². The van der Waals surface area contributed by atoms with Crippen molar-refractivity contribution in [1.29, 1.82) is 0 Å². The topological polar surface area (TPSA) is 28.2 Å². The molecule has 0 aliphatic rings. The molecule has 1 rings (SSSR count).